The van der Waals surface area contributed by atoms with E-state index in [0.29, 0.717) is 22.2 Å². The van der Waals surface area contributed by atoms with E-state index in [0.717, 1.165) is 4.90 Å². The van der Waals surface area contributed by atoms with Crippen LogP contribution in [0, 0.1) is 5.92 Å². The molecule has 1 atom stereocenters. The van der Waals surface area contributed by atoms with E-state index < -0.39 is 11.2 Å². The molecular weight excluding hydrogens is 419 g/mol. The van der Waals surface area contributed by atoms with Gasteiger partial charge in [-0.15, -0.1) is 11.8 Å². The van der Waals surface area contributed by atoms with Gasteiger partial charge in [0.25, 0.3) is 0 Å². The fourth-order valence-corrected chi connectivity index (χ4v) is 3.80. The number of benzene rings is 1. The fourth-order valence-electron chi connectivity index (χ4n) is 2.36. The molecule has 0 aliphatic rings. The molecule has 0 heterocycles. The van der Waals surface area contributed by atoms with E-state index in [2.05, 4.69) is 0 Å². The molecule has 0 spiro atoms. The van der Waals surface area contributed by atoms with E-state index in [9.17, 15) is 9.59 Å². The second-order valence-electron chi connectivity index (χ2n) is 8.67. The molecule has 0 saturated carbocycles. The second kappa shape index (κ2) is 10.7. The highest BCUT2D eigenvalue weighted by Crippen LogP contribution is 2.31. The number of halogens is 2. The summed E-state index contributed by atoms with van der Waals surface area (Å²) in [7, 11) is 0. The normalized spacial score (nSPS) is 13.1. The Hall–Kier alpha value is -0.910. The van der Waals surface area contributed by atoms with Gasteiger partial charge < -0.3 is 9.47 Å². The van der Waals surface area contributed by atoms with Crippen LogP contribution >= 0.6 is 35.0 Å². The standard InChI is InChI=1S/C21H30Cl2O4S/c1-20(2,3)26-18(24)10-7-14(11-19(25)27-21(4,5)6)13-28-15-8-9-16(22)17(23)12-15/h8-9,12,14H,7,10-11,13H2,1-6H3. The first-order valence-corrected chi connectivity index (χ1v) is 11.0. The zero-order valence-electron chi connectivity index (χ0n) is 17.4. The van der Waals surface area contributed by atoms with E-state index in [-0.39, 0.29) is 30.7 Å². The van der Waals surface area contributed by atoms with Crippen LogP contribution in [-0.2, 0) is 19.1 Å². The van der Waals surface area contributed by atoms with Gasteiger partial charge >= 0.3 is 11.9 Å². The van der Waals surface area contributed by atoms with Gasteiger partial charge in [-0.05, 0) is 72.1 Å². The fraction of sp³-hybridized carbons (Fsp3) is 0.619. The van der Waals surface area contributed by atoms with Gasteiger partial charge in [0.15, 0.2) is 0 Å². The number of hydrogen-bond donors (Lipinski definition) is 0. The molecule has 1 aromatic rings. The molecule has 4 nitrogen and oxygen atoms in total. The lowest BCUT2D eigenvalue weighted by Gasteiger charge is -2.23. The SMILES string of the molecule is CC(C)(C)OC(=O)CCC(CSc1ccc(Cl)c(Cl)c1)CC(=O)OC(C)(C)C. The van der Waals surface area contributed by atoms with Crippen molar-refractivity contribution in [1.82, 2.24) is 0 Å². The Morgan fingerprint density at radius 3 is 2.07 bits per heavy atom. The lowest BCUT2D eigenvalue weighted by Crippen LogP contribution is -2.27. The van der Waals surface area contributed by atoms with Crippen molar-refractivity contribution in [2.75, 3.05) is 5.75 Å². The predicted octanol–water partition coefficient (Wildman–Crippen LogP) is 6.56. The summed E-state index contributed by atoms with van der Waals surface area (Å²) in [4.78, 5) is 25.3. The molecule has 1 unspecified atom stereocenters. The molecule has 0 amide bonds. The lowest BCUT2D eigenvalue weighted by molar-refractivity contribution is -0.158. The average Bonchev–Trinajstić information content (AvgIpc) is 2.49. The van der Waals surface area contributed by atoms with E-state index in [1.54, 1.807) is 23.9 Å². The Labute approximate surface area is 182 Å². The predicted molar refractivity (Wildman–Crippen MR) is 116 cm³/mol. The van der Waals surface area contributed by atoms with Crippen LogP contribution in [0.1, 0.15) is 60.8 Å². The van der Waals surface area contributed by atoms with E-state index >= 15 is 0 Å². The Bertz CT molecular complexity index is 678. The minimum atomic E-state index is -0.538. The van der Waals surface area contributed by atoms with Gasteiger partial charge in [0.05, 0.1) is 10.0 Å². The minimum absolute atomic E-state index is 0.0261. The van der Waals surface area contributed by atoms with Gasteiger partial charge in [-0.1, -0.05) is 23.2 Å². The number of rotatable bonds is 8. The van der Waals surface area contributed by atoms with Gasteiger partial charge in [-0.2, -0.15) is 0 Å². The highest BCUT2D eigenvalue weighted by atomic mass is 35.5. The largest absolute Gasteiger partial charge is 0.460 e. The Kier molecular flexibility index (Phi) is 9.65. The summed E-state index contributed by atoms with van der Waals surface area (Å²) in [5.41, 5.74) is -1.06. The summed E-state index contributed by atoms with van der Waals surface area (Å²) in [6, 6.07) is 5.43. The quantitative estimate of drug-likeness (QED) is 0.333. The summed E-state index contributed by atoms with van der Waals surface area (Å²) in [6.07, 6.45) is 1.05. The molecule has 0 N–H and O–H groups in total. The monoisotopic (exact) mass is 448 g/mol. The van der Waals surface area contributed by atoms with Crippen LogP contribution < -0.4 is 0 Å². The van der Waals surface area contributed by atoms with Gasteiger partial charge in [0, 0.05) is 23.5 Å². The van der Waals surface area contributed by atoms with Crippen LogP contribution in [0.15, 0.2) is 23.1 Å². The summed E-state index contributed by atoms with van der Waals surface area (Å²) < 4.78 is 10.8. The molecular formula is C21H30Cl2O4S. The zero-order valence-corrected chi connectivity index (χ0v) is 19.8. The second-order valence-corrected chi connectivity index (χ2v) is 10.6. The minimum Gasteiger partial charge on any atom is -0.460 e. The van der Waals surface area contributed by atoms with Crippen molar-refractivity contribution >= 4 is 46.9 Å². The summed E-state index contributed by atoms with van der Waals surface area (Å²) >= 11 is 13.6. The van der Waals surface area contributed by atoms with Gasteiger partial charge in [0.2, 0.25) is 0 Å². The highest BCUT2D eigenvalue weighted by molar-refractivity contribution is 7.99. The van der Waals surface area contributed by atoms with Crippen molar-refractivity contribution in [3.63, 3.8) is 0 Å². The maximum absolute atomic E-state index is 12.3. The first kappa shape index (κ1) is 25.1. The van der Waals surface area contributed by atoms with Crippen LogP contribution in [0.2, 0.25) is 10.0 Å². The van der Waals surface area contributed by atoms with Gasteiger partial charge in [0.1, 0.15) is 11.2 Å². The zero-order chi connectivity index (χ0) is 21.5. The smallest absolute Gasteiger partial charge is 0.306 e. The molecule has 7 heteroatoms. The maximum atomic E-state index is 12.3. The van der Waals surface area contributed by atoms with Crippen LogP contribution in [0.5, 0.6) is 0 Å². The van der Waals surface area contributed by atoms with Gasteiger partial charge in [-0.25, -0.2) is 0 Å². The summed E-state index contributed by atoms with van der Waals surface area (Å²) in [6.45, 7) is 11.0. The molecule has 0 fully saturated rings. The highest BCUT2D eigenvalue weighted by Gasteiger charge is 2.23. The third-order valence-electron chi connectivity index (χ3n) is 3.43. The van der Waals surface area contributed by atoms with Crippen molar-refractivity contribution in [3.05, 3.63) is 28.2 Å². The Morgan fingerprint density at radius 2 is 1.54 bits per heavy atom. The first-order valence-electron chi connectivity index (χ1n) is 9.27. The third-order valence-corrected chi connectivity index (χ3v) is 5.39. The summed E-state index contributed by atoms with van der Waals surface area (Å²) in [5.74, 6) is 0.0967. The molecule has 0 aromatic heterocycles. The number of ether oxygens (including phenoxy) is 2. The lowest BCUT2D eigenvalue weighted by atomic mass is 10.0. The van der Waals surface area contributed by atoms with Crippen molar-refractivity contribution in [3.8, 4) is 0 Å². The van der Waals surface area contributed by atoms with E-state index in [1.807, 2.05) is 47.6 Å². The number of esters is 2. The summed E-state index contributed by atoms with van der Waals surface area (Å²) in [5, 5.41) is 0.991. The third kappa shape index (κ3) is 11.2. The molecule has 1 aromatic carbocycles. The van der Waals surface area contributed by atoms with E-state index in [1.165, 1.54) is 0 Å². The van der Waals surface area contributed by atoms with Crippen LogP contribution in [-0.4, -0.2) is 28.9 Å². The number of hydrogen-bond acceptors (Lipinski definition) is 5. The number of carbonyl (C=O) groups is 2. The van der Waals surface area contributed by atoms with Gasteiger partial charge in [-0.3, -0.25) is 9.59 Å². The number of carbonyl (C=O) groups excluding carboxylic acids is 2. The maximum Gasteiger partial charge on any atom is 0.306 e. The van der Waals surface area contributed by atoms with Crippen molar-refractivity contribution in [2.45, 2.75) is 76.9 Å². The van der Waals surface area contributed by atoms with Crippen LogP contribution in [0.3, 0.4) is 0 Å². The van der Waals surface area contributed by atoms with Crippen molar-refractivity contribution in [2.24, 2.45) is 5.92 Å². The molecule has 158 valence electrons. The Morgan fingerprint density at radius 1 is 0.964 bits per heavy atom. The molecule has 0 aliphatic heterocycles. The molecule has 1 rings (SSSR count). The number of thioether (sulfide) groups is 1. The van der Waals surface area contributed by atoms with E-state index in [4.69, 9.17) is 32.7 Å². The molecule has 0 bridgehead atoms. The first-order chi connectivity index (χ1) is 12.7. The molecule has 0 aliphatic carbocycles. The molecule has 28 heavy (non-hydrogen) atoms. The van der Waals surface area contributed by atoms with Crippen molar-refractivity contribution < 1.29 is 19.1 Å². The van der Waals surface area contributed by atoms with Crippen LogP contribution in [0.4, 0.5) is 0 Å². The molecule has 0 radical (unpaired) electrons. The topological polar surface area (TPSA) is 52.6 Å². The van der Waals surface area contributed by atoms with Crippen LogP contribution in [0.25, 0.3) is 0 Å². The van der Waals surface area contributed by atoms with Crippen molar-refractivity contribution in [1.29, 1.82) is 0 Å². The average molecular weight is 449 g/mol. The Balaban J connectivity index is 2.71. The molecule has 0 saturated heterocycles.